The van der Waals surface area contributed by atoms with Gasteiger partial charge < -0.3 is 10.6 Å². The lowest BCUT2D eigenvalue weighted by atomic mass is 10.1. The molecule has 0 aromatic heterocycles. The van der Waals surface area contributed by atoms with E-state index in [-0.39, 0.29) is 28.6 Å². The number of rotatable bonds is 5. The lowest BCUT2D eigenvalue weighted by Crippen LogP contribution is -2.30. The molecular weight excluding hydrogens is 320 g/mol. The van der Waals surface area contributed by atoms with E-state index in [1.54, 1.807) is 24.3 Å². The third-order valence-corrected chi connectivity index (χ3v) is 4.12. The molecule has 2 amide bonds. The van der Waals surface area contributed by atoms with Crippen molar-refractivity contribution < 1.29 is 9.59 Å². The van der Waals surface area contributed by atoms with Crippen molar-refractivity contribution in [2.75, 3.05) is 5.32 Å². The average Bonchev–Trinajstić information content (AvgIpc) is 2.37. The van der Waals surface area contributed by atoms with Crippen LogP contribution in [0.15, 0.2) is 24.3 Å². The largest absolute Gasteiger partial charge is 0.350 e. The van der Waals surface area contributed by atoms with Crippen LogP contribution in [0, 0.1) is 5.92 Å². The Balaban J connectivity index is 2.78. The maximum absolute atomic E-state index is 12.0. The lowest BCUT2D eigenvalue weighted by molar-refractivity contribution is -0.116. The number of anilines is 1. The van der Waals surface area contributed by atoms with Crippen LogP contribution in [0.5, 0.6) is 0 Å². The van der Waals surface area contributed by atoms with Crippen molar-refractivity contribution in [1.82, 2.24) is 5.32 Å². The van der Waals surface area contributed by atoms with Gasteiger partial charge in [0.15, 0.2) is 0 Å². The second kappa shape index (κ2) is 7.43. The first-order valence-electron chi connectivity index (χ1n) is 6.67. The van der Waals surface area contributed by atoms with E-state index in [2.05, 4.69) is 26.6 Å². The number of amides is 2. The van der Waals surface area contributed by atoms with Gasteiger partial charge in [0.05, 0.1) is 4.83 Å². The Hall–Kier alpha value is -1.36. The third kappa shape index (κ3) is 4.96. The first-order chi connectivity index (χ1) is 9.31. The Morgan fingerprint density at radius 2 is 1.80 bits per heavy atom. The zero-order valence-electron chi connectivity index (χ0n) is 12.2. The summed E-state index contributed by atoms with van der Waals surface area (Å²) in [5, 5.41) is 5.63. The predicted octanol–water partition coefficient (Wildman–Crippen LogP) is 3.18. The minimum Gasteiger partial charge on any atom is -0.350 e. The van der Waals surface area contributed by atoms with Crippen LogP contribution in [0.3, 0.4) is 0 Å². The minimum absolute atomic E-state index is 0.0774. The molecule has 2 N–H and O–H groups in total. The first-order valence-corrected chi connectivity index (χ1v) is 7.58. The highest BCUT2D eigenvalue weighted by atomic mass is 79.9. The zero-order chi connectivity index (χ0) is 15.3. The quantitative estimate of drug-likeness (QED) is 0.808. The Bertz CT molecular complexity index is 487. The Labute approximate surface area is 128 Å². The molecule has 0 heterocycles. The van der Waals surface area contributed by atoms with Gasteiger partial charge in [-0.05, 0) is 38.0 Å². The Morgan fingerprint density at radius 3 is 2.35 bits per heavy atom. The van der Waals surface area contributed by atoms with Crippen molar-refractivity contribution in [3.05, 3.63) is 29.8 Å². The van der Waals surface area contributed by atoms with Crippen LogP contribution in [0.25, 0.3) is 0 Å². The van der Waals surface area contributed by atoms with E-state index in [0.29, 0.717) is 11.3 Å². The molecule has 0 saturated carbocycles. The normalized spacial score (nSPS) is 12.3. The standard InChI is InChI=1S/C15H21BrN2O2/c1-9(2)13(16)15(20)18-12-7-5-6-11(8-12)14(19)17-10(3)4/h5-10,13H,1-4H3,(H,17,19)(H,18,20). The number of alkyl halides is 1. The van der Waals surface area contributed by atoms with E-state index in [9.17, 15) is 9.59 Å². The number of carbonyl (C=O) groups is 2. The topological polar surface area (TPSA) is 58.2 Å². The second-order valence-corrected chi connectivity index (χ2v) is 6.33. The lowest BCUT2D eigenvalue weighted by Gasteiger charge is -2.14. The molecule has 0 fully saturated rings. The van der Waals surface area contributed by atoms with Gasteiger partial charge in [0.25, 0.3) is 5.91 Å². The number of carbonyl (C=O) groups excluding carboxylic acids is 2. The maximum atomic E-state index is 12.0. The average molecular weight is 341 g/mol. The van der Waals surface area contributed by atoms with Crippen LogP contribution in [0.2, 0.25) is 0 Å². The summed E-state index contributed by atoms with van der Waals surface area (Å²) in [6.45, 7) is 7.74. The molecule has 0 aliphatic heterocycles. The van der Waals surface area contributed by atoms with E-state index in [0.717, 1.165) is 0 Å². The van der Waals surface area contributed by atoms with Crippen molar-refractivity contribution in [3.8, 4) is 0 Å². The van der Waals surface area contributed by atoms with Crippen LogP contribution in [0.4, 0.5) is 5.69 Å². The fourth-order valence-corrected chi connectivity index (χ4v) is 1.71. The van der Waals surface area contributed by atoms with Crippen molar-refractivity contribution in [3.63, 3.8) is 0 Å². The van der Waals surface area contributed by atoms with Crippen molar-refractivity contribution in [1.29, 1.82) is 0 Å². The molecule has 20 heavy (non-hydrogen) atoms. The molecule has 1 atom stereocenters. The highest BCUT2D eigenvalue weighted by Gasteiger charge is 2.18. The molecule has 1 aromatic rings. The van der Waals surface area contributed by atoms with Crippen molar-refractivity contribution >= 4 is 33.4 Å². The third-order valence-electron chi connectivity index (χ3n) is 2.65. The summed E-state index contributed by atoms with van der Waals surface area (Å²) in [6, 6.07) is 7.00. The van der Waals surface area contributed by atoms with Crippen LogP contribution < -0.4 is 10.6 Å². The molecule has 1 unspecified atom stereocenters. The van der Waals surface area contributed by atoms with E-state index in [1.165, 1.54) is 0 Å². The van der Waals surface area contributed by atoms with Gasteiger partial charge in [0, 0.05) is 17.3 Å². The smallest absolute Gasteiger partial charge is 0.251 e. The van der Waals surface area contributed by atoms with Crippen LogP contribution in [0.1, 0.15) is 38.1 Å². The number of hydrogen-bond donors (Lipinski definition) is 2. The highest BCUT2D eigenvalue weighted by Crippen LogP contribution is 2.16. The van der Waals surface area contributed by atoms with Gasteiger partial charge in [-0.3, -0.25) is 9.59 Å². The fourth-order valence-electron chi connectivity index (χ4n) is 1.60. The van der Waals surface area contributed by atoms with Crippen LogP contribution in [-0.2, 0) is 4.79 Å². The highest BCUT2D eigenvalue weighted by molar-refractivity contribution is 9.10. The van der Waals surface area contributed by atoms with E-state index >= 15 is 0 Å². The first kappa shape index (κ1) is 16.7. The van der Waals surface area contributed by atoms with Crippen molar-refractivity contribution in [2.45, 2.75) is 38.6 Å². The molecule has 110 valence electrons. The van der Waals surface area contributed by atoms with Gasteiger partial charge in [-0.1, -0.05) is 35.8 Å². The fraction of sp³-hybridized carbons (Fsp3) is 0.467. The molecule has 0 bridgehead atoms. The molecule has 0 aliphatic carbocycles. The monoisotopic (exact) mass is 340 g/mol. The maximum Gasteiger partial charge on any atom is 0.251 e. The van der Waals surface area contributed by atoms with Gasteiger partial charge in [0.2, 0.25) is 5.91 Å². The zero-order valence-corrected chi connectivity index (χ0v) is 13.8. The van der Waals surface area contributed by atoms with Gasteiger partial charge >= 0.3 is 0 Å². The molecule has 1 rings (SSSR count). The molecule has 0 spiro atoms. The number of nitrogens with one attached hydrogen (secondary N) is 2. The summed E-state index contributed by atoms with van der Waals surface area (Å²) < 4.78 is 0. The summed E-state index contributed by atoms with van der Waals surface area (Å²) in [7, 11) is 0. The van der Waals surface area contributed by atoms with E-state index in [4.69, 9.17) is 0 Å². The number of benzene rings is 1. The van der Waals surface area contributed by atoms with Crippen LogP contribution >= 0.6 is 15.9 Å². The summed E-state index contributed by atoms with van der Waals surface area (Å²) in [6.07, 6.45) is 0. The van der Waals surface area contributed by atoms with Gasteiger partial charge in [-0.15, -0.1) is 0 Å². The van der Waals surface area contributed by atoms with Gasteiger partial charge in [0.1, 0.15) is 0 Å². The molecule has 0 aliphatic rings. The number of halogens is 1. The summed E-state index contributed by atoms with van der Waals surface area (Å²) in [5.74, 6) is -0.0563. The number of hydrogen-bond acceptors (Lipinski definition) is 2. The molecule has 0 saturated heterocycles. The van der Waals surface area contributed by atoms with Gasteiger partial charge in [-0.2, -0.15) is 0 Å². The molecular formula is C15H21BrN2O2. The summed E-state index contributed by atoms with van der Waals surface area (Å²) in [4.78, 5) is 23.6. The van der Waals surface area contributed by atoms with Crippen LogP contribution in [-0.4, -0.2) is 22.7 Å². The molecule has 0 radical (unpaired) electrons. The van der Waals surface area contributed by atoms with E-state index in [1.807, 2.05) is 27.7 Å². The predicted molar refractivity (Wildman–Crippen MR) is 85.2 cm³/mol. The summed E-state index contributed by atoms with van der Waals surface area (Å²) in [5.41, 5.74) is 1.16. The Kier molecular flexibility index (Phi) is 6.20. The minimum atomic E-state index is -0.254. The molecule has 5 heteroatoms. The van der Waals surface area contributed by atoms with Crippen molar-refractivity contribution in [2.24, 2.45) is 5.92 Å². The molecule has 1 aromatic carbocycles. The second-order valence-electron chi connectivity index (χ2n) is 5.34. The molecule has 4 nitrogen and oxygen atoms in total. The SMILES string of the molecule is CC(C)NC(=O)c1cccc(NC(=O)C(Br)C(C)C)c1. The van der Waals surface area contributed by atoms with E-state index < -0.39 is 0 Å². The Morgan fingerprint density at radius 1 is 1.15 bits per heavy atom. The summed E-state index contributed by atoms with van der Waals surface area (Å²) >= 11 is 3.35. The van der Waals surface area contributed by atoms with Gasteiger partial charge in [-0.25, -0.2) is 0 Å².